The van der Waals surface area contributed by atoms with Gasteiger partial charge in [0, 0.05) is 49.0 Å². The monoisotopic (exact) mass is 364 g/mol. The first-order valence-electron chi connectivity index (χ1n) is 8.16. The van der Waals surface area contributed by atoms with Crippen LogP contribution in [0.2, 0.25) is 10.0 Å². The van der Waals surface area contributed by atoms with E-state index < -0.39 is 0 Å². The summed E-state index contributed by atoms with van der Waals surface area (Å²) in [6, 6.07) is 9.83. The van der Waals surface area contributed by atoms with Crippen molar-refractivity contribution < 1.29 is 5.11 Å². The second-order valence-electron chi connectivity index (χ2n) is 6.38. The highest BCUT2D eigenvalue weighted by Crippen LogP contribution is 2.32. The van der Waals surface area contributed by atoms with Gasteiger partial charge in [-0.3, -0.25) is 4.90 Å². The molecule has 0 atom stereocenters. The molecule has 0 aliphatic carbocycles. The van der Waals surface area contributed by atoms with Crippen molar-refractivity contribution in [1.82, 2.24) is 4.90 Å². The van der Waals surface area contributed by atoms with E-state index in [-0.39, 0.29) is 5.75 Å². The number of piperazine rings is 1. The van der Waals surface area contributed by atoms with E-state index in [2.05, 4.69) is 41.8 Å². The maximum absolute atomic E-state index is 10.1. The molecule has 0 saturated carbocycles. The van der Waals surface area contributed by atoms with Crippen molar-refractivity contribution in [2.75, 3.05) is 31.1 Å². The topological polar surface area (TPSA) is 26.7 Å². The summed E-state index contributed by atoms with van der Waals surface area (Å²) in [6.45, 7) is 8.82. The average Bonchev–Trinajstić information content (AvgIpc) is 2.55. The number of benzene rings is 2. The van der Waals surface area contributed by atoms with Crippen molar-refractivity contribution in [1.29, 1.82) is 0 Å². The van der Waals surface area contributed by atoms with Crippen LogP contribution >= 0.6 is 23.2 Å². The summed E-state index contributed by atoms with van der Waals surface area (Å²) in [6.07, 6.45) is 0. The molecule has 24 heavy (non-hydrogen) atoms. The molecular formula is C19H22Cl2N2O. The van der Waals surface area contributed by atoms with Crippen LogP contribution in [0.3, 0.4) is 0 Å². The zero-order valence-electron chi connectivity index (χ0n) is 14.0. The number of halogens is 2. The molecule has 3 rings (SSSR count). The first kappa shape index (κ1) is 17.4. The first-order valence-corrected chi connectivity index (χ1v) is 8.91. The van der Waals surface area contributed by atoms with Crippen LogP contribution in [0.4, 0.5) is 5.69 Å². The minimum atomic E-state index is 0.137. The molecule has 1 saturated heterocycles. The van der Waals surface area contributed by atoms with E-state index in [0.29, 0.717) is 16.6 Å². The Morgan fingerprint density at radius 2 is 1.75 bits per heavy atom. The summed E-state index contributed by atoms with van der Waals surface area (Å²) in [5, 5.41) is 11.0. The van der Waals surface area contributed by atoms with E-state index in [9.17, 15) is 5.11 Å². The van der Waals surface area contributed by atoms with Crippen LogP contribution in [0.25, 0.3) is 0 Å². The second-order valence-corrected chi connectivity index (χ2v) is 7.22. The van der Waals surface area contributed by atoms with Gasteiger partial charge >= 0.3 is 0 Å². The van der Waals surface area contributed by atoms with Crippen LogP contribution in [0.5, 0.6) is 5.75 Å². The summed E-state index contributed by atoms with van der Waals surface area (Å²) < 4.78 is 0. The van der Waals surface area contributed by atoms with Gasteiger partial charge in [0.25, 0.3) is 0 Å². The van der Waals surface area contributed by atoms with Crippen LogP contribution in [0.1, 0.15) is 16.7 Å². The van der Waals surface area contributed by atoms with Crippen LogP contribution < -0.4 is 4.90 Å². The lowest BCUT2D eigenvalue weighted by molar-refractivity contribution is 0.246. The Morgan fingerprint density at radius 1 is 1.04 bits per heavy atom. The van der Waals surface area contributed by atoms with Gasteiger partial charge in [0.15, 0.2) is 0 Å². The van der Waals surface area contributed by atoms with Crippen molar-refractivity contribution in [3.8, 4) is 5.75 Å². The minimum absolute atomic E-state index is 0.137. The summed E-state index contributed by atoms with van der Waals surface area (Å²) >= 11 is 12.1. The number of nitrogens with zero attached hydrogens (tertiary/aromatic N) is 2. The lowest BCUT2D eigenvalue weighted by Gasteiger charge is -2.37. The Kier molecular flexibility index (Phi) is 5.24. The zero-order valence-corrected chi connectivity index (χ0v) is 15.5. The smallest absolute Gasteiger partial charge is 0.138 e. The average molecular weight is 365 g/mol. The Morgan fingerprint density at radius 3 is 2.46 bits per heavy atom. The Hall–Kier alpha value is -1.42. The second kappa shape index (κ2) is 7.22. The lowest BCUT2D eigenvalue weighted by Crippen LogP contribution is -2.46. The van der Waals surface area contributed by atoms with Crippen molar-refractivity contribution in [2.24, 2.45) is 0 Å². The van der Waals surface area contributed by atoms with Gasteiger partial charge in [-0.25, -0.2) is 0 Å². The predicted octanol–water partition coefficient (Wildman–Crippen LogP) is 4.64. The number of hydrogen-bond acceptors (Lipinski definition) is 3. The highest BCUT2D eigenvalue weighted by Gasteiger charge is 2.20. The van der Waals surface area contributed by atoms with Gasteiger partial charge in [0.1, 0.15) is 5.75 Å². The van der Waals surface area contributed by atoms with E-state index in [1.165, 1.54) is 16.8 Å². The summed E-state index contributed by atoms with van der Waals surface area (Å²) in [4.78, 5) is 4.76. The number of rotatable bonds is 3. The Bertz CT molecular complexity index is 740. The van der Waals surface area contributed by atoms with Gasteiger partial charge in [-0.1, -0.05) is 35.3 Å². The fourth-order valence-corrected chi connectivity index (χ4v) is 3.74. The summed E-state index contributed by atoms with van der Waals surface area (Å²) in [5.74, 6) is 0.137. The van der Waals surface area contributed by atoms with Gasteiger partial charge in [-0.05, 0) is 43.2 Å². The SMILES string of the molecule is Cc1cccc(N2CCN(Cc3cc(Cl)cc(Cl)c3O)CC2)c1C. The van der Waals surface area contributed by atoms with Gasteiger partial charge in [0.2, 0.25) is 0 Å². The van der Waals surface area contributed by atoms with E-state index in [4.69, 9.17) is 23.2 Å². The van der Waals surface area contributed by atoms with Crippen molar-refractivity contribution in [3.63, 3.8) is 0 Å². The fraction of sp³-hybridized carbons (Fsp3) is 0.368. The number of aromatic hydroxyl groups is 1. The van der Waals surface area contributed by atoms with E-state index in [1.54, 1.807) is 12.1 Å². The number of phenols is 1. The molecule has 1 heterocycles. The molecule has 0 bridgehead atoms. The standard InChI is InChI=1S/C19H22Cl2N2O/c1-13-4-3-5-18(14(13)2)23-8-6-22(7-9-23)12-15-10-16(20)11-17(21)19(15)24/h3-5,10-11,24H,6-9,12H2,1-2H3. The normalized spacial score (nSPS) is 15.8. The Labute approximate surface area is 153 Å². The largest absolute Gasteiger partial charge is 0.506 e. The van der Waals surface area contributed by atoms with Crippen molar-refractivity contribution in [2.45, 2.75) is 20.4 Å². The van der Waals surface area contributed by atoms with Crippen LogP contribution in [-0.2, 0) is 6.54 Å². The van der Waals surface area contributed by atoms with Gasteiger partial charge in [0.05, 0.1) is 5.02 Å². The van der Waals surface area contributed by atoms with Gasteiger partial charge < -0.3 is 10.0 Å². The maximum atomic E-state index is 10.1. The highest BCUT2D eigenvalue weighted by molar-refractivity contribution is 6.35. The zero-order chi connectivity index (χ0) is 17.3. The quantitative estimate of drug-likeness (QED) is 0.859. The van der Waals surface area contributed by atoms with Crippen LogP contribution in [-0.4, -0.2) is 36.2 Å². The van der Waals surface area contributed by atoms with E-state index in [1.807, 2.05) is 0 Å². The summed E-state index contributed by atoms with van der Waals surface area (Å²) in [5.41, 5.74) is 4.79. The van der Waals surface area contributed by atoms with Crippen LogP contribution in [0, 0.1) is 13.8 Å². The number of aryl methyl sites for hydroxylation is 1. The molecule has 1 aliphatic heterocycles. The summed E-state index contributed by atoms with van der Waals surface area (Å²) in [7, 11) is 0. The molecular weight excluding hydrogens is 343 g/mol. The third-order valence-corrected chi connectivity index (χ3v) is 5.30. The molecule has 1 N–H and O–H groups in total. The molecule has 2 aromatic carbocycles. The molecule has 0 amide bonds. The van der Waals surface area contributed by atoms with Crippen molar-refractivity contribution in [3.05, 3.63) is 57.1 Å². The fourth-order valence-electron chi connectivity index (χ4n) is 3.21. The molecule has 0 spiro atoms. The molecule has 128 valence electrons. The number of hydrogen-bond donors (Lipinski definition) is 1. The molecule has 5 heteroatoms. The van der Waals surface area contributed by atoms with Gasteiger partial charge in [-0.2, -0.15) is 0 Å². The highest BCUT2D eigenvalue weighted by atomic mass is 35.5. The molecule has 0 radical (unpaired) electrons. The molecule has 2 aromatic rings. The molecule has 0 unspecified atom stereocenters. The minimum Gasteiger partial charge on any atom is -0.506 e. The third-order valence-electron chi connectivity index (χ3n) is 4.79. The van der Waals surface area contributed by atoms with E-state index >= 15 is 0 Å². The lowest BCUT2D eigenvalue weighted by atomic mass is 10.1. The molecule has 1 aliphatic rings. The number of phenolic OH excluding ortho intramolecular Hbond substituents is 1. The van der Waals surface area contributed by atoms with E-state index in [0.717, 1.165) is 31.7 Å². The molecule has 3 nitrogen and oxygen atoms in total. The number of anilines is 1. The molecule has 1 fully saturated rings. The maximum Gasteiger partial charge on any atom is 0.138 e. The van der Waals surface area contributed by atoms with Crippen molar-refractivity contribution >= 4 is 28.9 Å². The molecule has 0 aromatic heterocycles. The first-order chi connectivity index (χ1) is 11.5. The predicted molar refractivity (Wildman–Crippen MR) is 102 cm³/mol. The van der Waals surface area contributed by atoms with Crippen LogP contribution in [0.15, 0.2) is 30.3 Å². The Balaban J connectivity index is 1.67. The van der Waals surface area contributed by atoms with Gasteiger partial charge in [-0.15, -0.1) is 0 Å². The third kappa shape index (κ3) is 3.64.